The Bertz CT molecular complexity index is 347. The van der Waals surface area contributed by atoms with Crippen LogP contribution in [0.3, 0.4) is 0 Å². The summed E-state index contributed by atoms with van der Waals surface area (Å²) in [5.74, 6) is -0.263. The topological polar surface area (TPSA) is 47.9 Å². The first-order chi connectivity index (χ1) is 6.88. The quantitative estimate of drug-likeness (QED) is 0.839. The summed E-state index contributed by atoms with van der Waals surface area (Å²) >= 11 is 10.8. The summed E-state index contributed by atoms with van der Waals surface area (Å²) in [4.78, 5) is 3.46. The van der Waals surface area contributed by atoms with Gasteiger partial charge in [0, 0.05) is 0 Å². The van der Waals surface area contributed by atoms with E-state index >= 15 is 0 Å². The van der Waals surface area contributed by atoms with Crippen LogP contribution < -0.4 is 4.74 Å². The van der Waals surface area contributed by atoms with Crippen LogP contribution in [-0.2, 0) is 0 Å². The van der Waals surface area contributed by atoms with E-state index in [1.165, 1.54) is 0 Å². The van der Waals surface area contributed by atoms with E-state index in [2.05, 4.69) is 19.9 Å². The zero-order valence-corrected chi connectivity index (χ0v) is 8.57. The molecule has 1 aromatic rings. The number of hydrogen-bond donors (Lipinski definition) is 0. The van der Waals surface area contributed by atoms with Gasteiger partial charge in [-0.25, -0.2) is 0 Å². The molecule has 0 aliphatic carbocycles. The van der Waals surface area contributed by atoms with Gasteiger partial charge in [-0.15, -0.1) is 10.2 Å². The molecule has 9 heteroatoms. The molecule has 15 heavy (non-hydrogen) atoms. The number of nitrogens with zero attached hydrogens (tertiary/aromatic N) is 3. The standard InChI is InChI=1S/C6H4Cl2F3N3O/c7-3-4(12-5(8)14-13-3)15-2-1-6(9,10)11/h1-2H2. The molecule has 4 nitrogen and oxygen atoms in total. The van der Waals surface area contributed by atoms with Crippen molar-refractivity contribution in [1.82, 2.24) is 15.2 Å². The molecule has 1 aromatic heterocycles. The SMILES string of the molecule is FC(F)(F)CCOc1nc(Cl)nnc1Cl. The summed E-state index contributed by atoms with van der Waals surface area (Å²) in [5, 5.41) is 6.09. The molecule has 1 heterocycles. The van der Waals surface area contributed by atoms with Crippen molar-refractivity contribution in [2.24, 2.45) is 0 Å². The van der Waals surface area contributed by atoms with Gasteiger partial charge in [0.05, 0.1) is 13.0 Å². The van der Waals surface area contributed by atoms with Gasteiger partial charge in [-0.1, -0.05) is 11.6 Å². The molecule has 0 spiro atoms. The van der Waals surface area contributed by atoms with Crippen LogP contribution in [0.4, 0.5) is 13.2 Å². The molecule has 0 aliphatic rings. The van der Waals surface area contributed by atoms with Crippen molar-refractivity contribution >= 4 is 23.2 Å². The van der Waals surface area contributed by atoms with Crippen molar-refractivity contribution in [3.05, 3.63) is 10.4 Å². The van der Waals surface area contributed by atoms with Gasteiger partial charge in [0.15, 0.2) is 0 Å². The molecule has 0 fully saturated rings. The summed E-state index contributed by atoms with van der Waals surface area (Å²) in [5.41, 5.74) is 0. The molecule has 0 amide bonds. The first-order valence-corrected chi connectivity index (χ1v) is 4.39. The van der Waals surface area contributed by atoms with Crippen LogP contribution in [0.2, 0.25) is 10.4 Å². The zero-order valence-electron chi connectivity index (χ0n) is 7.05. The van der Waals surface area contributed by atoms with E-state index in [-0.39, 0.29) is 16.3 Å². The van der Waals surface area contributed by atoms with Crippen molar-refractivity contribution in [3.63, 3.8) is 0 Å². The van der Waals surface area contributed by atoms with Crippen molar-refractivity contribution in [2.75, 3.05) is 6.61 Å². The van der Waals surface area contributed by atoms with E-state index in [0.717, 1.165) is 0 Å². The van der Waals surface area contributed by atoms with E-state index in [1.807, 2.05) is 0 Å². The highest BCUT2D eigenvalue weighted by Crippen LogP contribution is 2.22. The minimum atomic E-state index is -4.29. The predicted octanol–water partition coefficient (Wildman–Crippen LogP) is 2.51. The smallest absolute Gasteiger partial charge is 0.392 e. The molecule has 0 aromatic carbocycles. The third kappa shape index (κ3) is 4.48. The third-order valence-electron chi connectivity index (χ3n) is 1.21. The number of hydrogen-bond acceptors (Lipinski definition) is 4. The molecule has 0 unspecified atom stereocenters. The fraction of sp³-hybridized carbons (Fsp3) is 0.500. The first kappa shape index (κ1) is 12.3. The molecule has 1 rings (SSSR count). The lowest BCUT2D eigenvalue weighted by molar-refractivity contribution is -0.139. The number of alkyl halides is 3. The molecule has 0 saturated carbocycles. The number of aromatic nitrogens is 3. The van der Waals surface area contributed by atoms with Crippen LogP contribution >= 0.6 is 23.2 Å². The second-order valence-corrected chi connectivity index (χ2v) is 3.09. The van der Waals surface area contributed by atoms with Gasteiger partial charge in [-0.05, 0) is 11.6 Å². The third-order valence-corrected chi connectivity index (χ3v) is 1.61. The monoisotopic (exact) mass is 261 g/mol. The van der Waals surface area contributed by atoms with Crippen LogP contribution in [0.15, 0.2) is 0 Å². The maximum Gasteiger partial charge on any atom is 0.392 e. The number of halogens is 5. The van der Waals surface area contributed by atoms with Gasteiger partial charge in [0.1, 0.15) is 0 Å². The highest BCUT2D eigenvalue weighted by atomic mass is 35.5. The highest BCUT2D eigenvalue weighted by Gasteiger charge is 2.27. The van der Waals surface area contributed by atoms with Gasteiger partial charge in [-0.3, -0.25) is 0 Å². The fourth-order valence-electron chi connectivity index (χ4n) is 0.635. The lowest BCUT2D eigenvalue weighted by Crippen LogP contribution is -2.13. The number of rotatable bonds is 3. The van der Waals surface area contributed by atoms with Gasteiger partial charge in [-0.2, -0.15) is 18.2 Å². The fourth-order valence-corrected chi connectivity index (χ4v) is 0.885. The van der Waals surface area contributed by atoms with Gasteiger partial charge >= 0.3 is 6.18 Å². The Morgan fingerprint density at radius 3 is 2.47 bits per heavy atom. The van der Waals surface area contributed by atoms with Gasteiger partial charge in [0.2, 0.25) is 10.4 Å². The van der Waals surface area contributed by atoms with Gasteiger partial charge < -0.3 is 4.74 Å². The average molecular weight is 262 g/mol. The predicted molar refractivity (Wildman–Crippen MR) is 46.0 cm³/mol. The average Bonchev–Trinajstić information content (AvgIpc) is 2.09. The van der Waals surface area contributed by atoms with Crippen LogP contribution in [-0.4, -0.2) is 28.0 Å². The Hall–Kier alpha value is -0.820. The normalized spacial score (nSPS) is 11.5. The zero-order chi connectivity index (χ0) is 11.5. The Kier molecular flexibility index (Phi) is 3.92. The molecular formula is C6H4Cl2F3N3O. The molecule has 84 valence electrons. The Labute approximate surface area is 92.4 Å². The van der Waals surface area contributed by atoms with Crippen molar-refractivity contribution < 1.29 is 17.9 Å². The summed E-state index contributed by atoms with van der Waals surface area (Å²) in [6, 6.07) is 0. The van der Waals surface area contributed by atoms with Crippen molar-refractivity contribution in [2.45, 2.75) is 12.6 Å². The van der Waals surface area contributed by atoms with Crippen LogP contribution in [0.25, 0.3) is 0 Å². The molecular weight excluding hydrogens is 258 g/mol. The van der Waals surface area contributed by atoms with Crippen molar-refractivity contribution in [3.8, 4) is 5.88 Å². The minimum absolute atomic E-state index is 0.235. The Morgan fingerprint density at radius 1 is 1.20 bits per heavy atom. The van der Waals surface area contributed by atoms with Crippen LogP contribution in [0.1, 0.15) is 6.42 Å². The number of ether oxygens (including phenoxy) is 1. The lowest BCUT2D eigenvalue weighted by Gasteiger charge is -2.07. The first-order valence-electron chi connectivity index (χ1n) is 3.64. The lowest BCUT2D eigenvalue weighted by atomic mass is 10.4. The Morgan fingerprint density at radius 2 is 1.87 bits per heavy atom. The van der Waals surface area contributed by atoms with E-state index in [4.69, 9.17) is 23.2 Å². The molecule has 0 bridgehead atoms. The largest absolute Gasteiger partial charge is 0.475 e. The van der Waals surface area contributed by atoms with Gasteiger partial charge in [0.25, 0.3) is 5.88 Å². The molecule has 0 saturated heterocycles. The molecule has 0 atom stereocenters. The van der Waals surface area contributed by atoms with E-state index in [9.17, 15) is 13.2 Å². The summed E-state index contributed by atoms with van der Waals surface area (Å²) in [6.45, 7) is -0.599. The summed E-state index contributed by atoms with van der Waals surface area (Å²) < 4.78 is 39.9. The minimum Gasteiger partial charge on any atom is -0.475 e. The molecule has 0 aliphatic heterocycles. The highest BCUT2D eigenvalue weighted by molar-refractivity contribution is 6.31. The molecule has 0 N–H and O–H groups in total. The molecule has 0 radical (unpaired) electrons. The summed E-state index contributed by atoms with van der Waals surface area (Å²) in [6.07, 6.45) is -5.40. The van der Waals surface area contributed by atoms with E-state index < -0.39 is 19.2 Å². The van der Waals surface area contributed by atoms with E-state index in [1.54, 1.807) is 0 Å². The maximum absolute atomic E-state index is 11.8. The van der Waals surface area contributed by atoms with E-state index in [0.29, 0.717) is 0 Å². The van der Waals surface area contributed by atoms with Crippen molar-refractivity contribution in [1.29, 1.82) is 0 Å². The second-order valence-electron chi connectivity index (χ2n) is 2.39. The van der Waals surface area contributed by atoms with Crippen LogP contribution in [0, 0.1) is 0 Å². The Balaban J connectivity index is 2.54. The second kappa shape index (κ2) is 4.80. The van der Waals surface area contributed by atoms with Crippen LogP contribution in [0.5, 0.6) is 5.88 Å². The maximum atomic E-state index is 11.8. The summed E-state index contributed by atoms with van der Waals surface area (Å²) in [7, 11) is 0.